The average molecular weight is 267 g/mol. The van der Waals surface area contributed by atoms with Gasteiger partial charge in [-0.2, -0.15) is 0 Å². The summed E-state index contributed by atoms with van der Waals surface area (Å²) >= 11 is 0. The van der Waals surface area contributed by atoms with Gasteiger partial charge in [0, 0.05) is 24.6 Å². The topological polar surface area (TPSA) is 86.3 Å². The van der Waals surface area contributed by atoms with Crippen molar-refractivity contribution >= 4 is 11.8 Å². The third kappa shape index (κ3) is 4.39. The molecule has 0 amide bonds. The van der Waals surface area contributed by atoms with Crippen LogP contribution in [0.3, 0.4) is 0 Å². The number of carboxylic acids is 1. The maximum absolute atomic E-state index is 11.6. The fourth-order valence-corrected chi connectivity index (χ4v) is 1.74. The van der Waals surface area contributed by atoms with E-state index in [-0.39, 0.29) is 23.9 Å². The van der Waals surface area contributed by atoms with E-state index >= 15 is 0 Å². The number of rotatable bonds is 6. The molecule has 19 heavy (non-hydrogen) atoms. The Bertz CT molecular complexity index is 494. The molecule has 6 nitrogen and oxygen atoms in total. The zero-order valence-corrected chi connectivity index (χ0v) is 11.8. The van der Waals surface area contributed by atoms with Crippen LogP contribution >= 0.6 is 0 Å². The van der Waals surface area contributed by atoms with Gasteiger partial charge in [0.15, 0.2) is 0 Å². The zero-order valence-electron chi connectivity index (χ0n) is 11.8. The lowest BCUT2D eigenvalue weighted by atomic mass is 10.2. The Balaban J connectivity index is 3.08. The van der Waals surface area contributed by atoms with Gasteiger partial charge in [-0.05, 0) is 13.8 Å². The fraction of sp³-hybridized carbons (Fsp3) is 0.615. The van der Waals surface area contributed by atoms with Gasteiger partial charge in [-0.25, -0.2) is 4.98 Å². The van der Waals surface area contributed by atoms with Crippen LogP contribution in [0.2, 0.25) is 0 Å². The van der Waals surface area contributed by atoms with Gasteiger partial charge in [-0.15, -0.1) is 0 Å². The first-order valence-corrected chi connectivity index (χ1v) is 6.41. The number of aromatic amines is 1. The van der Waals surface area contributed by atoms with Gasteiger partial charge in [0.1, 0.15) is 11.6 Å². The van der Waals surface area contributed by atoms with Crippen molar-refractivity contribution in [3.63, 3.8) is 0 Å². The number of carbonyl (C=O) groups is 1. The predicted molar refractivity (Wildman–Crippen MR) is 73.7 cm³/mol. The molecule has 0 atom stereocenters. The average Bonchev–Trinajstić information content (AvgIpc) is 2.27. The quantitative estimate of drug-likeness (QED) is 0.817. The molecule has 1 heterocycles. The Labute approximate surface area is 112 Å². The first-order chi connectivity index (χ1) is 8.81. The molecule has 0 saturated carbocycles. The van der Waals surface area contributed by atoms with Gasteiger partial charge in [0.25, 0.3) is 5.56 Å². The van der Waals surface area contributed by atoms with Gasteiger partial charge in [0.2, 0.25) is 0 Å². The van der Waals surface area contributed by atoms with Gasteiger partial charge < -0.3 is 15.0 Å². The van der Waals surface area contributed by atoms with Crippen LogP contribution in [0.4, 0.5) is 5.82 Å². The molecule has 0 unspecified atom stereocenters. The number of H-pyrrole nitrogens is 1. The summed E-state index contributed by atoms with van der Waals surface area (Å²) in [5.41, 5.74) is -0.213. The zero-order chi connectivity index (χ0) is 14.6. The molecule has 2 N–H and O–H groups in total. The summed E-state index contributed by atoms with van der Waals surface area (Å²) in [7, 11) is 0. The lowest BCUT2D eigenvalue weighted by Gasteiger charge is -2.27. The second-order valence-corrected chi connectivity index (χ2v) is 5.07. The normalized spacial score (nSPS) is 11.1. The van der Waals surface area contributed by atoms with E-state index < -0.39 is 5.97 Å². The molecule has 0 bridgehead atoms. The van der Waals surface area contributed by atoms with Crippen LogP contribution in [0.5, 0.6) is 0 Å². The van der Waals surface area contributed by atoms with Gasteiger partial charge in [0.05, 0.1) is 6.42 Å². The number of carboxylic acid groups (broad SMARTS) is 1. The van der Waals surface area contributed by atoms with Crippen LogP contribution in [0.1, 0.15) is 45.9 Å². The molecule has 6 heteroatoms. The minimum absolute atomic E-state index is 0.0175. The van der Waals surface area contributed by atoms with Crippen molar-refractivity contribution in [2.24, 2.45) is 0 Å². The predicted octanol–water partition coefficient (Wildman–Crippen LogP) is 1.58. The molecule has 0 aliphatic carbocycles. The van der Waals surface area contributed by atoms with E-state index in [1.54, 1.807) is 0 Å². The van der Waals surface area contributed by atoms with Crippen LogP contribution in [0, 0.1) is 0 Å². The standard InChI is InChI=1S/C13H21N3O3/c1-8(2)13-14-10(7-11(17)15-13)16(9(3)4)6-5-12(18)19/h7-9H,5-6H2,1-4H3,(H,18,19)(H,14,15,17). The van der Waals surface area contributed by atoms with Crippen molar-refractivity contribution < 1.29 is 9.90 Å². The third-order valence-corrected chi connectivity index (χ3v) is 2.78. The van der Waals surface area contributed by atoms with Crippen LogP contribution in [0.25, 0.3) is 0 Å². The molecule has 0 radical (unpaired) electrons. The molecule has 106 valence electrons. The highest BCUT2D eigenvalue weighted by molar-refractivity contribution is 5.67. The Morgan fingerprint density at radius 2 is 2.05 bits per heavy atom. The summed E-state index contributed by atoms with van der Waals surface area (Å²) in [6.07, 6.45) is 0.0175. The number of anilines is 1. The molecule has 0 aliphatic rings. The Morgan fingerprint density at radius 1 is 1.42 bits per heavy atom. The molecule has 0 aliphatic heterocycles. The van der Waals surface area contributed by atoms with E-state index in [4.69, 9.17) is 5.11 Å². The molecular formula is C13H21N3O3. The van der Waals surface area contributed by atoms with E-state index in [9.17, 15) is 9.59 Å². The van der Waals surface area contributed by atoms with Gasteiger partial charge in [-0.3, -0.25) is 9.59 Å². The third-order valence-electron chi connectivity index (χ3n) is 2.78. The Hall–Kier alpha value is -1.85. The van der Waals surface area contributed by atoms with Crippen LogP contribution in [-0.2, 0) is 4.79 Å². The summed E-state index contributed by atoms with van der Waals surface area (Å²) in [6, 6.07) is 1.49. The summed E-state index contributed by atoms with van der Waals surface area (Å²) in [6.45, 7) is 8.11. The lowest BCUT2D eigenvalue weighted by Crippen LogP contribution is -2.35. The molecule has 0 fully saturated rings. The molecular weight excluding hydrogens is 246 g/mol. The minimum atomic E-state index is -0.862. The lowest BCUT2D eigenvalue weighted by molar-refractivity contribution is -0.136. The molecule has 0 aromatic carbocycles. The molecule has 1 rings (SSSR count). The Kier molecular flexibility index (Phi) is 5.09. The van der Waals surface area contributed by atoms with E-state index in [2.05, 4.69) is 9.97 Å². The summed E-state index contributed by atoms with van der Waals surface area (Å²) < 4.78 is 0. The van der Waals surface area contributed by atoms with Crippen molar-refractivity contribution in [3.05, 3.63) is 22.2 Å². The van der Waals surface area contributed by atoms with Crippen LogP contribution in [-0.4, -0.2) is 33.6 Å². The van der Waals surface area contributed by atoms with Gasteiger partial charge >= 0.3 is 5.97 Å². The van der Waals surface area contributed by atoms with E-state index in [0.717, 1.165) is 0 Å². The van der Waals surface area contributed by atoms with Crippen molar-refractivity contribution in [3.8, 4) is 0 Å². The maximum atomic E-state index is 11.6. The molecule has 0 saturated heterocycles. The number of nitrogens with zero attached hydrogens (tertiary/aromatic N) is 2. The van der Waals surface area contributed by atoms with Crippen LogP contribution < -0.4 is 10.5 Å². The second kappa shape index (κ2) is 6.36. The monoisotopic (exact) mass is 267 g/mol. The SMILES string of the molecule is CC(C)c1nc(N(CCC(=O)O)C(C)C)cc(=O)[nH]1. The first-order valence-electron chi connectivity index (χ1n) is 6.41. The second-order valence-electron chi connectivity index (χ2n) is 5.07. The summed E-state index contributed by atoms with van der Waals surface area (Å²) in [4.78, 5) is 31.3. The van der Waals surface area contributed by atoms with Gasteiger partial charge in [-0.1, -0.05) is 13.8 Å². The van der Waals surface area contributed by atoms with Crippen LogP contribution in [0.15, 0.2) is 10.9 Å². The van der Waals surface area contributed by atoms with E-state index in [0.29, 0.717) is 18.2 Å². The molecule has 0 spiro atoms. The number of hydrogen-bond donors (Lipinski definition) is 2. The maximum Gasteiger partial charge on any atom is 0.305 e. The number of aromatic nitrogens is 2. The number of hydrogen-bond acceptors (Lipinski definition) is 4. The smallest absolute Gasteiger partial charge is 0.305 e. The van der Waals surface area contributed by atoms with Crippen molar-refractivity contribution in [1.82, 2.24) is 9.97 Å². The summed E-state index contributed by atoms with van der Waals surface area (Å²) in [5, 5.41) is 8.77. The number of aliphatic carboxylic acids is 1. The van der Waals surface area contributed by atoms with E-state index in [1.165, 1.54) is 6.07 Å². The van der Waals surface area contributed by atoms with Crippen molar-refractivity contribution in [2.75, 3.05) is 11.4 Å². The number of nitrogens with one attached hydrogen (secondary N) is 1. The summed E-state index contributed by atoms with van der Waals surface area (Å²) in [5.74, 6) is 0.396. The van der Waals surface area contributed by atoms with E-state index in [1.807, 2.05) is 32.6 Å². The van der Waals surface area contributed by atoms with Crippen molar-refractivity contribution in [1.29, 1.82) is 0 Å². The Morgan fingerprint density at radius 3 is 2.53 bits per heavy atom. The van der Waals surface area contributed by atoms with Crippen molar-refractivity contribution in [2.45, 2.75) is 46.1 Å². The highest BCUT2D eigenvalue weighted by Crippen LogP contribution is 2.15. The largest absolute Gasteiger partial charge is 0.481 e. The molecule has 1 aromatic rings. The first kappa shape index (κ1) is 15.2. The highest BCUT2D eigenvalue weighted by Gasteiger charge is 2.15. The molecule has 1 aromatic heterocycles. The fourth-order valence-electron chi connectivity index (χ4n) is 1.74. The highest BCUT2D eigenvalue weighted by atomic mass is 16.4. The minimum Gasteiger partial charge on any atom is -0.481 e.